The maximum absolute atomic E-state index is 12.8. The molecule has 0 fully saturated rings. The number of carbonyl (C=O) groups is 1. The van der Waals surface area contributed by atoms with Gasteiger partial charge in [0.05, 0.1) is 21.2 Å². The van der Waals surface area contributed by atoms with Crippen LogP contribution in [0, 0.1) is 20.8 Å². The topological polar surface area (TPSA) is 121 Å². The van der Waals surface area contributed by atoms with Crippen molar-refractivity contribution in [3.8, 4) is 0 Å². The Hall–Kier alpha value is -4.15. The van der Waals surface area contributed by atoms with Crippen molar-refractivity contribution in [2.75, 3.05) is 14.8 Å². The first-order valence-electron chi connectivity index (χ1n) is 11.6. The first-order chi connectivity index (χ1) is 17.9. The van der Waals surface area contributed by atoms with Crippen LogP contribution in [0.1, 0.15) is 27.0 Å². The molecule has 0 aromatic heterocycles. The fourth-order valence-corrected chi connectivity index (χ4v) is 6.06. The zero-order valence-electron chi connectivity index (χ0n) is 21.0. The van der Waals surface area contributed by atoms with Crippen molar-refractivity contribution in [2.24, 2.45) is 0 Å². The second kappa shape index (κ2) is 10.7. The zero-order chi connectivity index (χ0) is 27.5. The molecule has 0 saturated heterocycles. The SMILES string of the molecule is Cc1ccc(NS(=O)(=O)c2ccc(NC(=O)c3ccc(NS(=O)(=O)c4ccccc4)c(C)c3)cc2)c(C)c1. The number of benzene rings is 4. The minimum Gasteiger partial charge on any atom is -0.322 e. The second-order valence-electron chi connectivity index (χ2n) is 8.85. The number of hydrogen-bond acceptors (Lipinski definition) is 5. The number of sulfonamides is 2. The van der Waals surface area contributed by atoms with Gasteiger partial charge in [0.15, 0.2) is 0 Å². The van der Waals surface area contributed by atoms with Gasteiger partial charge in [-0.25, -0.2) is 16.8 Å². The van der Waals surface area contributed by atoms with Gasteiger partial charge in [0.25, 0.3) is 26.0 Å². The zero-order valence-corrected chi connectivity index (χ0v) is 22.7. The Bertz CT molecular complexity index is 1700. The molecule has 196 valence electrons. The molecule has 0 atom stereocenters. The highest BCUT2D eigenvalue weighted by atomic mass is 32.2. The molecule has 0 aliphatic rings. The van der Waals surface area contributed by atoms with Crippen molar-refractivity contribution in [1.29, 1.82) is 0 Å². The van der Waals surface area contributed by atoms with Gasteiger partial charge >= 0.3 is 0 Å². The fourth-order valence-electron chi connectivity index (χ4n) is 3.78. The van der Waals surface area contributed by atoms with Crippen LogP contribution in [0.15, 0.2) is 101 Å². The van der Waals surface area contributed by atoms with Crippen molar-refractivity contribution in [3.05, 3.63) is 113 Å². The van der Waals surface area contributed by atoms with Crippen molar-refractivity contribution in [1.82, 2.24) is 0 Å². The molecule has 1 amide bonds. The van der Waals surface area contributed by atoms with Crippen LogP contribution in [0.2, 0.25) is 0 Å². The molecular weight excluding hydrogens is 522 g/mol. The van der Waals surface area contributed by atoms with Crippen molar-refractivity contribution in [2.45, 2.75) is 30.6 Å². The molecule has 0 aliphatic heterocycles. The maximum Gasteiger partial charge on any atom is 0.261 e. The van der Waals surface area contributed by atoms with E-state index in [1.165, 1.54) is 48.5 Å². The van der Waals surface area contributed by atoms with E-state index in [9.17, 15) is 21.6 Å². The number of amides is 1. The predicted octanol–water partition coefficient (Wildman–Crippen LogP) is 5.47. The van der Waals surface area contributed by atoms with Crippen LogP contribution in [-0.4, -0.2) is 22.7 Å². The summed E-state index contributed by atoms with van der Waals surface area (Å²) in [6, 6.07) is 23.9. The van der Waals surface area contributed by atoms with Gasteiger partial charge in [-0.15, -0.1) is 0 Å². The molecule has 4 rings (SSSR count). The number of rotatable bonds is 8. The van der Waals surface area contributed by atoms with Gasteiger partial charge in [-0.05, 0) is 92.6 Å². The molecule has 10 heteroatoms. The smallest absolute Gasteiger partial charge is 0.261 e. The number of carbonyl (C=O) groups excluding carboxylic acids is 1. The minimum absolute atomic E-state index is 0.0568. The van der Waals surface area contributed by atoms with Gasteiger partial charge < -0.3 is 5.32 Å². The third-order valence-electron chi connectivity index (χ3n) is 5.84. The fraction of sp³-hybridized carbons (Fsp3) is 0.107. The van der Waals surface area contributed by atoms with E-state index >= 15 is 0 Å². The maximum atomic E-state index is 12.8. The summed E-state index contributed by atoms with van der Waals surface area (Å²) >= 11 is 0. The Morgan fingerprint density at radius 2 is 1.13 bits per heavy atom. The van der Waals surface area contributed by atoms with Gasteiger partial charge in [0.1, 0.15) is 0 Å². The number of nitrogens with one attached hydrogen (secondary N) is 3. The summed E-state index contributed by atoms with van der Waals surface area (Å²) in [7, 11) is -7.57. The summed E-state index contributed by atoms with van der Waals surface area (Å²) in [6.45, 7) is 5.46. The van der Waals surface area contributed by atoms with E-state index < -0.39 is 26.0 Å². The number of anilines is 3. The Balaban J connectivity index is 1.44. The molecule has 8 nitrogen and oxygen atoms in total. The Kier molecular flexibility index (Phi) is 7.56. The quantitative estimate of drug-likeness (QED) is 0.269. The molecule has 0 radical (unpaired) electrons. The molecular formula is C28H27N3O5S2. The van der Waals surface area contributed by atoms with Crippen molar-refractivity contribution in [3.63, 3.8) is 0 Å². The summed E-state index contributed by atoms with van der Waals surface area (Å²) in [5.74, 6) is -0.422. The summed E-state index contributed by atoms with van der Waals surface area (Å²) < 4.78 is 56.0. The summed E-state index contributed by atoms with van der Waals surface area (Å²) in [4.78, 5) is 13.0. The average molecular weight is 550 g/mol. The van der Waals surface area contributed by atoms with Gasteiger partial charge in [-0.1, -0.05) is 35.9 Å². The third kappa shape index (κ3) is 6.21. The van der Waals surface area contributed by atoms with Crippen LogP contribution in [0.3, 0.4) is 0 Å². The van der Waals surface area contributed by atoms with Crippen LogP contribution in [0.25, 0.3) is 0 Å². The molecule has 0 spiro atoms. The van der Waals surface area contributed by atoms with Crippen LogP contribution in [0.5, 0.6) is 0 Å². The molecule has 0 aliphatic carbocycles. The first-order valence-corrected chi connectivity index (χ1v) is 14.6. The van der Waals surface area contributed by atoms with E-state index in [0.29, 0.717) is 28.2 Å². The molecule has 0 saturated carbocycles. The lowest BCUT2D eigenvalue weighted by atomic mass is 10.1. The van der Waals surface area contributed by atoms with Crippen molar-refractivity contribution < 1.29 is 21.6 Å². The van der Waals surface area contributed by atoms with E-state index in [2.05, 4.69) is 14.8 Å². The highest BCUT2D eigenvalue weighted by Gasteiger charge is 2.17. The Morgan fingerprint density at radius 1 is 0.605 bits per heavy atom. The predicted molar refractivity (Wildman–Crippen MR) is 150 cm³/mol. The van der Waals surface area contributed by atoms with E-state index in [1.54, 1.807) is 37.3 Å². The van der Waals surface area contributed by atoms with Crippen LogP contribution in [0.4, 0.5) is 17.1 Å². The first kappa shape index (κ1) is 26.9. The lowest BCUT2D eigenvalue weighted by molar-refractivity contribution is 0.102. The standard InChI is InChI=1S/C28H27N3O5S2/c1-19-9-15-26(20(2)17-19)30-38(35,36)25-13-11-23(12-14-25)29-28(32)22-10-16-27(21(3)18-22)31-37(33,34)24-7-5-4-6-8-24/h4-18,30-31H,1-3H3,(H,29,32). The van der Waals surface area contributed by atoms with E-state index in [1.807, 2.05) is 26.0 Å². The van der Waals surface area contributed by atoms with Gasteiger partial charge in [0.2, 0.25) is 0 Å². The normalized spacial score (nSPS) is 11.6. The Morgan fingerprint density at radius 3 is 1.68 bits per heavy atom. The number of aryl methyl sites for hydroxylation is 3. The molecule has 3 N–H and O–H groups in total. The monoisotopic (exact) mass is 549 g/mol. The van der Waals surface area contributed by atoms with E-state index in [4.69, 9.17) is 0 Å². The van der Waals surface area contributed by atoms with Gasteiger partial charge in [0, 0.05) is 11.3 Å². The third-order valence-corrected chi connectivity index (χ3v) is 8.60. The number of hydrogen-bond donors (Lipinski definition) is 3. The molecule has 0 heterocycles. The molecule has 4 aromatic rings. The summed E-state index contributed by atoms with van der Waals surface area (Å²) in [6.07, 6.45) is 0. The van der Waals surface area contributed by atoms with Crippen molar-refractivity contribution >= 4 is 43.0 Å². The molecule has 38 heavy (non-hydrogen) atoms. The van der Waals surface area contributed by atoms with Crippen LogP contribution < -0.4 is 14.8 Å². The summed E-state index contributed by atoms with van der Waals surface area (Å²) in [5, 5.41) is 2.73. The van der Waals surface area contributed by atoms with Crippen LogP contribution >= 0.6 is 0 Å². The largest absolute Gasteiger partial charge is 0.322 e. The van der Waals surface area contributed by atoms with E-state index in [0.717, 1.165) is 11.1 Å². The lowest BCUT2D eigenvalue weighted by Crippen LogP contribution is -2.16. The average Bonchev–Trinajstić information content (AvgIpc) is 2.87. The lowest BCUT2D eigenvalue weighted by Gasteiger charge is -2.13. The second-order valence-corrected chi connectivity index (χ2v) is 12.2. The van der Waals surface area contributed by atoms with Gasteiger partial charge in [-0.3, -0.25) is 14.2 Å². The molecule has 4 aromatic carbocycles. The minimum atomic E-state index is -3.81. The van der Waals surface area contributed by atoms with Gasteiger partial charge in [-0.2, -0.15) is 0 Å². The van der Waals surface area contributed by atoms with Crippen LogP contribution in [-0.2, 0) is 20.0 Å². The molecule has 0 unspecified atom stereocenters. The molecule has 0 bridgehead atoms. The Labute approximate surface area is 222 Å². The summed E-state index contributed by atoms with van der Waals surface area (Å²) in [5.41, 5.74) is 3.99. The highest BCUT2D eigenvalue weighted by molar-refractivity contribution is 7.93. The highest BCUT2D eigenvalue weighted by Crippen LogP contribution is 2.24. The van der Waals surface area contributed by atoms with E-state index in [-0.39, 0.29) is 9.79 Å².